The summed E-state index contributed by atoms with van der Waals surface area (Å²) in [5.41, 5.74) is -0.290. The van der Waals surface area contributed by atoms with Gasteiger partial charge in [-0.3, -0.25) is 9.78 Å². The van der Waals surface area contributed by atoms with Gasteiger partial charge in [0.2, 0.25) is 0 Å². The number of aromatic nitrogens is 1. The van der Waals surface area contributed by atoms with Gasteiger partial charge in [-0.2, -0.15) is 5.26 Å². The van der Waals surface area contributed by atoms with E-state index in [0.717, 1.165) is 5.56 Å². The third kappa shape index (κ3) is 5.28. The number of benzene rings is 1. The molecule has 1 aromatic heterocycles. The largest absolute Gasteiger partial charge is 0.478 e. The number of pyridine rings is 1. The van der Waals surface area contributed by atoms with E-state index < -0.39 is 5.60 Å². The zero-order valence-electron chi connectivity index (χ0n) is 14.3. The molecule has 0 fully saturated rings. The molecule has 0 saturated heterocycles. The van der Waals surface area contributed by atoms with E-state index in [0.29, 0.717) is 18.8 Å². The van der Waals surface area contributed by atoms with Crippen molar-refractivity contribution in [2.75, 3.05) is 6.54 Å². The number of ether oxygens (including phenoxy) is 1. The Bertz CT molecular complexity index is 740. The SMILES string of the molecule is CC(C)(Oc1ccc(F)cc1)C(=O)N(CCC#N)Cc1cccnc1. The van der Waals surface area contributed by atoms with Crippen LogP contribution in [0.5, 0.6) is 5.75 Å². The first-order chi connectivity index (χ1) is 11.9. The van der Waals surface area contributed by atoms with Crippen LogP contribution in [-0.2, 0) is 11.3 Å². The van der Waals surface area contributed by atoms with Crippen molar-refractivity contribution in [1.29, 1.82) is 5.26 Å². The van der Waals surface area contributed by atoms with Crippen LogP contribution in [0.1, 0.15) is 25.8 Å². The monoisotopic (exact) mass is 341 g/mol. The fourth-order valence-corrected chi connectivity index (χ4v) is 2.37. The highest BCUT2D eigenvalue weighted by atomic mass is 19.1. The van der Waals surface area contributed by atoms with Crippen molar-refractivity contribution in [3.05, 3.63) is 60.2 Å². The molecule has 0 atom stereocenters. The summed E-state index contributed by atoms with van der Waals surface area (Å²) in [5.74, 6) is -0.221. The van der Waals surface area contributed by atoms with Crippen molar-refractivity contribution in [3.63, 3.8) is 0 Å². The topological polar surface area (TPSA) is 66.2 Å². The summed E-state index contributed by atoms with van der Waals surface area (Å²) >= 11 is 0. The molecule has 0 aliphatic carbocycles. The Kier molecular flexibility index (Phi) is 6.07. The van der Waals surface area contributed by atoms with Crippen LogP contribution in [0, 0.1) is 17.1 Å². The maximum Gasteiger partial charge on any atom is 0.266 e. The number of carbonyl (C=O) groups is 1. The Balaban J connectivity index is 2.15. The summed E-state index contributed by atoms with van der Waals surface area (Å²) in [6, 6.07) is 11.2. The summed E-state index contributed by atoms with van der Waals surface area (Å²) in [7, 11) is 0. The van der Waals surface area contributed by atoms with Crippen molar-refractivity contribution in [3.8, 4) is 11.8 Å². The van der Waals surface area contributed by atoms with Crippen molar-refractivity contribution >= 4 is 5.91 Å². The smallest absolute Gasteiger partial charge is 0.266 e. The lowest BCUT2D eigenvalue weighted by Crippen LogP contribution is -2.48. The molecule has 25 heavy (non-hydrogen) atoms. The van der Waals surface area contributed by atoms with Crippen LogP contribution < -0.4 is 4.74 Å². The van der Waals surface area contributed by atoms with Gasteiger partial charge in [0.25, 0.3) is 5.91 Å². The standard InChI is InChI=1S/C19H20FN3O2/c1-19(2,25-17-8-6-16(20)7-9-17)18(24)23(12-4-10-21)14-15-5-3-11-22-13-15/h3,5-9,11,13H,4,12,14H2,1-2H3. The van der Waals surface area contributed by atoms with Crippen LogP contribution in [0.2, 0.25) is 0 Å². The molecule has 0 radical (unpaired) electrons. The molecule has 0 N–H and O–H groups in total. The molecule has 1 amide bonds. The summed E-state index contributed by atoms with van der Waals surface area (Å²) in [6.45, 7) is 3.94. The van der Waals surface area contributed by atoms with Crippen LogP contribution in [-0.4, -0.2) is 27.9 Å². The molecule has 0 bridgehead atoms. The molecule has 6 heteroatoms. The second kappa shape index (κ2) is 8.25. The highest BCUT2D eigenvalue weighted by Crippen LogP contribution is 2.21. The number of hydrogen-bond acceptors (Lipinski definition) is 4. The number of hydrogen-bond donors (Lipinski definition) is 0. The van der Waals surface area contributed by atoms with E-state index in [9.17, 15) is 9.18 Å². The van der Waals surface area contributed by atoms with E-state index in [2.05, 4.69) is 11.1 Å². The van der Waals surface area contributed by atoms with E-state index in [1.54, 1.807) is 37.2 Å². The second-order valence-corrected chi connectivity index (χ2v) is 6.06. The van der Waals surface area contributed by atoms with Crippen LogP contribution >= 0.6 is 0 Å². The molecule has 2 aromatic rings. The Morgan fingerprint density at radius 3 is 2.64 bits per heavy atom. The molecule has 0 aliphatic heterocycles. The molecule has 1 heterocycles. The Hall–Kier alpha value is -2.94. The van der Waals surface area contributed by atoms with Crippen molar-refractivity contribution < 1.29 is 13.9 Å². The van der Waals surface area contributed by atoms with Gasteiger partial charge < -0.3 is 9.64 Å². The highest BCUT2D eigenvalue weighted by Gasteiger charge is 2.34. The number of nitrogens with zero attached hydrogens (tertiary/aromatic N) is 3. The lowest BCUT2D eigenvalue weighted by atomic mass is 10.1. The van der Waals surface area contributed by atoms with Crippen LogP contribution in [0.25, 0.3) is 0 Å². The average Bonchev–Trinajstić information content (AvgIpc) is 2.60. The minimum absolute atomic E-state index is 0.221. The quantitative estimate of drug-likeness (QED) is 0.775. The Morgan fingerprint density at radius 1 is 1.32 bits per heavy atom. The first kappa shape index (κ1) is 18.4. The number of carbonyl (C=O) groups excluding carboxylic acids is 1. The highest BCUT2D eigenvalue weighted by molar-refractivity contribution is 5.84. The van der Waals surface area contributed by atoms with E-state index in [4.69, 9.17) is 10.00 Å². The van der Waals surface area contributed by atoms with Gasteiger partial charge in [0, 0.05) is 25.5 Å². The second-order valence-electron chi connectivity index (χ2n) is 6.06. The maximum atomic E-state index is 13.0. The fraction of sp³-hybridized carbons (Fsp3) is 0.316. The van der Waals surface area contributed by atoms with Gasteiger partial charge in [-0.15, -0.1) is 0 Å². The predicted octanol–water partition coefficient (Wildman–Crippen LogP) is 3.32. The molecule has 2 rings (SSSR count). The Labute approximate surface area is 146 Å². The van der Waals surface area contributed by atoms with Gasteiger partial charge in [0.1, 0.15) is 11.6 Å². The maximum absolute atomic E-state index is 13.0. The molecule has 0 aliphatic rings. The zero-order valence-corrected chi connectivity index (χ0v) is 14.3. The number of amides is 1. The molecular formula is C19H20FN3O2. The average molecular weight is 341 g/mol. The lowest BCUT2D eigenvalue weighted by molar-refractivity contribution is -0.146. The van der Waals surface area contributed by atoms with E-state index in [1.807, 2.05) is 6.07 Å². The minimum Gasteiger partial charge on any atom is -0.478 e. The normalized spacial score (nSPS) is 10.8. The lowest BCUT2D eigenvalue weighted by Gasteiger charge is -2.32. The zero-order chi connectivity index (χ0) is 18.3. The number of nitriles is 1. The van der Waals surface area contributed by atoms with Gasteiger partial charge in [0.05, 0.1) is 12.5 Å². The summed E-state index contributed by atoms with van der Waals surface area (Å²) in [5, 5.41) is 8.86. The number of rotatable bonds is 7. The summed E-state index contributed by atoms with van der Waals surface area (Å²) < 4.78 is 18.8. The van der Waals surface area contributed by atoms with Crippen LogP contribution in [0.4, 0.5) is 4.39 Å². The van der Waals surface area contributed by atoms with E-state index in [-0.39, 0.29) is 18.1 Å². The molecule has 1 aromatic carbocycles. The van der Waals surface area contributed by atoms with Gasteiger partial charge in [-0.25, -0.2) is 4.39 Å². The van der Waals surface area contributed by atoms with Gasteiger partial charge in [-0.05, 0) is 49.7 Å². The van der Waals surface area contributed by atoms with Gasteiger partial charge in [-0.1, -0.05) is 6.07 Å². The molecule has 130 valence electrons. The number of halogens is 1. The summed E-state index contributed by atoms with van der Waals surface area (Å²) in [4.78, 5) is 18.6. The summed E-state index contributed by atoms with van der Waals surface area (Å²) in [6.07, 6.45) is 3.56. The molecule has 0 saturated carbocycles. The third-order valence-electron chi connectivity index (χ3n) is 3.58. The molecular weight excluding hydrogens is 321 g/mol. The Morgan fingerprint density at radius 2 is 2.04 bits per heavy atom. The van der Waals surface area contributed by atoms with E-state index >= 15 is 0 Å². The molecule has 5 nitrogen and oxygen atoms in total. The van der Waals surface area contributed by atoms with Crippen molar-refractivity contribution in [1.82, 2.24) is 9.88 Å². The van der Waals surface area contributed by atoms with Crippen molar-refractivity contribution in [2.24, 2.45) is 0 Å². The third-order valence-corrected chi connectivity index (χ3v) is 3.58. The molecule has 0 spiro atoms. The van der Waals surface area contributed by atoms with Crippen LogP contribution in [0.3, 0.4) is 0 Å². The minimum atomic E-state index is -1.16. The fourth-order valence-electron chi connectivity index (χ4n) is 2.37. The van der Waals surface area contributed by atoms with Crippen LogP contribution in [0.15, 0.2) is 48.8 Å². The predicted molar refractivity (Wildman–Crippen MR) is 91.0 cm³/mol. The van der Waals surface area contributed by atoms with Gasteiger partial charge in [0.15, 0.2) is 5.60 Å². The van der Waals surface area contributed by atoms with E-state index in [1.165, 1.54) is 24.3 Å². The van der Waals surface area contributed by atoms with Crippen molar-refractivity contribution in [2.45, 2.75) is 32.4 Å². The first-order valence-electron chi connectivity index (χ1n) is 7.92. The first-order valence-corrected chi connectivity index (χ1v) is 7.92. The van der Waals surface area contributed by atoms with Gasteiger partial charge >= 0.3 is 0 Å². The molecule has 0 unspecified atom stereocenters.